The second-order valence-corrected chi connectivity index (χ2v) is 8.28. The van der Waals surface area contributed by atoms with Crippen molar-refractivity contribution in [2.45, 2.75) is 91.8 Å². The van der Waals surface area contributed by atoms with Gasteiger partial charge in [-0.05, 0) is 61.8 Å². The number of hydrogen-bond donors (Lipinski definition) is 0. The van der Waals surface area contributed by atoms with Gasteiger partial charge in [-0.3, -0.25) is 9.80 Å². The van der Waals surface area contributed by atoms with Crippen LogP contribution in [0.3, 0.4) is 0 Å². The summed E-state index contributed by atoms with van der Waals surface area (Å²) in [6.45, 7) is 22.3. The zero-order chi connectivity index (χ0) is 15.1. The van der Waals surface area contributed by atoms with Crippen LogP contribution in [0.15, 0.2) is 0 Å². The van der Waals surface area contributed by atoms with Crippen molar-refractivity contribution in [2.24, 2.45) is 0 Å². The van der Waals surface area contributed by atoms with E-state index in [2.05, 4.69) is 72.1 Å². The molecule has 1 atom stereocenters. The van der Waals surface area contributed by atoms with E-state index in [4.69, 9.17) is 4.74 Å². The first-order chi connectivity index (χ1) is 8.38. The van der Waals surface area contributed by atoms with Crippen LogP contribution in [0, 0.1) is 0 Å². The molecule has 0 aromatic heterocycles. The van der Waals surface area contributed by atoms with E-state index in [0.29, 0.717) is 0 Å². The van der Waals surface area contributed by atoms with Crippen molar-refractivity contribution in [3.05, 3.63) is 0 Å². The lowest BCUT2D eigenvalue weighted by molar-refractivity contribution is -0.209. The molecule has 0 radical (unpaired) electrons. The topological polar surface area (TPSA) is 15.7 Å². The average molecular weight is 270 g/mol. The van der Waals surface area contributed by atoms with Gasteiger partial charge in [0, 0.05) is 24.2 Å². The lowest BCUT2D eigenvalue weighted by atomic mass is 10.00. The molecular formula is C16H34N2O. The highest BCUT2D eigenvalue weighted by Gasteiger charge is 2.45. The fraction of sp³-hybridized carbons (Fsp3) is 1.00. The summed E-state index contributed by atoms with van der Waals surface area (Å²) < 4.78 is 6.39. The lowest BCUT2D eigenvalue weighted by Crippen LogP contribution is -2.56. The predicted octanol–water partition coefficient (Wildman–Crippen LogP) is 3.69. The minimum absolute atomic E-state index is 0.0787. The Kier molecular flexibility index (Phi) is 4.76. The summed E-state index contributed by atoms with van der Waals surface area (Å²) >= 11 is 0. The molecule has 0 aromatic rings. The molecule has 1 aliphatic heterocycles. The summed E-state index contributed by atoms with van der Waals surface area (Å²) in [5.74, 6) is 0. The highest BCUT2D eigenvalue weighted by molar-refractivity contribution is 4.93. The average Bonchev–Trinajstić information content (AvgIpc) is 2.58. The number of hydrogen-bond acceptors (Lipinski definition) is 3. The van der Waals surface area contributed by atoms with E-state index in [1.165, 1.54) is 0 Å². The first kappa shape index (κ1) is 16.9. The van der Waals surface area contributed by atoms with Crippen LogP contribution in [0.25, 0.3) is 0 Å². The molecule has 1 fully saturated rings. The molecular weight excluding hydrogens is 236 g/mol. The molecule has 114 valence electrons. The van der Waals surface area contributed by atoms with Crippen molar-refractivity contribution in [3.8, 4) is 0 Å². The fourth-order valence-corrected chi connectivity index (χ4v) is 2.52. The van der Waals surface area contributed by atoms with Gasteiger partial charge in [0.2, 0.25) is 0 Å². The molecule has 1 rings (SSSR count). The largest absolute Gasteiger partial charge is 0.344 e. The third kappa shape index (κ3) is 4.17. The molecule has 19 heavy (non-hydrogen) atoms. The Hall–Kier alpha value is -0.120. The first-order valence-electron chi connectivity index (χ1n) is 7.60. The number of ether oxygens (including phenoxy) is 1. The van der Waals surface area contributed by atoms with Crippen LogP contribution >= 0.6 is 0 Å². The van der Waals surface area contributed by atoms with Crippen molar-refractivity contribution >= 4 is 0 Å². The summed E-state index contributed by atoms with van der Waals surface area (Å²) in [4.78, 5) is 5.00. The Morgan fingerprint density at radius 2 is 1.37 bits per heavy atom. The normalized spacial score (nSPS) is 24.2. The monoisotopic (exact) mass is 270 g/mol. The molecule has 0 aliphatic carbocycles. The van der Waals surface area contributed by atoms with E-state index in [9.17, 15) is 0 Å². The Labute approximate surface area is 120 Å². The van der Waals surface area contributed by atoms with E-state index in [-0.39, 0.29) is 23.0 Å². The molecule has 1 unspecified atom stereocenters. The molecule has 3 heteroatoms. The van der Waals surface area contributed by atoms with E-state index in [0.717, 1.165) is 19.5 Å². The van der Waals surface area contributed by atoms with E-state index < -0.39 is 0 Å². The summed E-state index contributed by atoms with van der Waals surface area (Å²) in [6, 6.07) is 0. The smallest absolute Gasteiger partial charge is 0.170 e. The van der Waals surface area contributed by atoms with E-state index in [1.54, 1.807) is 0 Å². The Morgan fingerprint density at radius 3 is 1.74 bits per heavy atom. The van der Waals surface area contributed by atoms with E-state index in [1.807, 2.05) is 0 Å². The molecule has 1 saturated heterocycles. The van der Waals surface area contributed by atoms with E-state index >= 15 is 0 Å². The number of nitrogens with zero attached hydrogens (tertiary/aromatic N) is 2. The van der Waals surface area contributed by atoms with Gasteiger partial charge in [-0.15, -0.1) is 0 Å². The van der Waals surface area contributed by atoms with Crippen LogP contribution in [0.4, 0.5) is 0 Å². The van der Waals surface area contributed by atoms with Gasteiger partial charge < -0.3 is 4.74 Å². The van der Waals surface area contributed by atoms with Crippen molar-refractivity contribution in [2.75, 3.05) is 13.1 Å². The summed E-state index contributed by atoms with van der Waals surface area (Å²) in [6.07, 6.45) is 1.21. The van der Waals surface area contributed by atoms with Crippen molar-refractivity contribution in [1.29, 1.82) is 0 Å². The minimum Gasteiger partial charge on any atom is -0.344 e. The Morgan fingerprint density at radius 1 is 0.895 bits per heavy atom. The highest BCUT2D eigenvalue weighted by atomic mass is 16.5. The van der Waals surface area contributed by atoms with Gasteiger partial charge in [-0.1, -0.05) is 6.92 Å². The van der Waals surface area contributed by atoms with Gasteiger partial charge in [0.25, 0.3) is 0 Å². The van der Waals surface area contributed by atoms with Gasteiger partial charge in [-0.25, -0.2) is 0 Å². The zero-order valence-corrected chi connectivity index (χ0v) is 14.5. The maximum atomic E-state index is 6.39. The molecule has 1 heterocycles. The summed E-state index contributed by atoms with van der Waals surface area (Å²) in [5.41, 5.74) is 0.185. The second kappa shape index (κ2) is 5.34. The molecule has 0 spiro atoms. The van der Waals surface area contributed by atoms with Crippen molar-refractivity contribution < 1.29 is 4.74 Å². The zero-order valence-electron chi connectivity index (χ0n) is 14.5. The van der Waals surface area contributed by atoms with Gasteiger partial charge in [-0.2, -0.15) is 0 Å². The third-order valence-corrected chi connectivity index (χ3v) is 4.08. The maximum absolute atomic E-state index is 6.39. The Bertz CT molecular complexity index is 299. The van der Waals surface area contributed by atoms with Crippen LogP contribution < -0.4 is 0 Å². The maximum Gasteiger partial charge on any atom is 0.170 e. The van der Waals surface area contributed by atoms with Crippen molar-refractivity contribution in [3.63, 3.8) is 0 Å². The molecule has 0 N–H and O–H groups in total. The summed E-state index contributed by atoms with van der Waals surface area (Å²) in [5, 5.41) is 0. The fourth-order valence-electron chi connectivity index (χ4n) is 2.52. The molecule has 0 bridgehead atoms. The standard InChI is InChI=1S/C16H34N2O/c1-10-16(8,9)18-12-11-17(14(2,3)4)13(18)19-15(5,6)7/h13H,10-12H2,1-9H3. The van der Waals surface area contributed by atoms with Crippen LogP contribution in [-0.4, -0.2) is 45.9 Å². The predicted molar refractivity (Wildman–Crippen MR) is 82.2 cm³/mol. The van der Waals surface area contributed by atoms with Gasteiger partial charge in [0.05, 0.1) is 5.60 Å². The Balaban J connectivity index is 3.01. The van der Waals surface area contributed by atoms with Gasteiger partial charge >= 0.3 is 0 Å². The first-order valence-corrected chi connectivity index (χ1v) is 7.60. The van der Waals surface area contributed by atoms with Crippen LogP contribution in [0.1, 0.15) is 68.7 Å². The third-order valence-electron chi connectivity index (χ3n) is 4.08. The molecule has 0 amide bonds. The van der Waals surface area contributed by atoms with Crippen molar-refractivity contribution in [1.82, 2.24) is 9.80 Å². The van der Waals surface area contributed by atoms with Gasteiger partial charge in [0.1, 0.15) is 0 Å². The quantitative estimate of drug-likeness (QED) is 0.778. The lowest BCUT2D eigenvalue weighted by Gasteiger charge is -2.46. The van der Waals surface area contributed by atoms with Crippen LogP contribution in [0.2, 0.25) is 0 Å². The van der Waals surface area contributed by atoms with Crippen LogP contribution in [-0.2, 0) is 4.74 Å². The molecule has 0 aromatic carbocycles. The summed E-state index contributed by atoms with van der Waals surface area (Å²) in [7, 11) is 0. The molecule has 1 aliphatic rings. The van der Waals surface area contributed by atoms with Gasteiger partial charge in [0.15, 0.2) is 6.35 Å². The number of rotatable bonds is 3. The molecule has 0 saturated carbocycles. The SMILES string of the molecule is CCC(C)(C)N1CCN(C(C)(C)C)C1OC(C)(C)C. The highest BCUT2D eigenvalue weighted by Crippen LogP contribution is 2.34. The minimum atomic E-state index is -0.124. The van der Waals surface area contributed by atoms with Crippen LogP contribution in [0.5, 0.6) is 0 Å². The second-order valence-electron chi connectivity index (χ2n) is 8.28. The molecule has 3 nitrogen and oxygen atoms in total.